The van der Waals surface area contributed by atoms with E-state index in [-0.39, 0.29) is 4.90 Å². The molecule has 6 nitrogen and oxygen atoms in total. The number of rotatable bonds is 7. The molecule has 1 N–H and O–H groups in total. The van der Waals surface area contributed by atoms with Crippen LogP contribution in [0.2, 0.25) is 0 Å². The Morgan fingerprint density at radius 1 is 1.29 bits per heavy atom. The molecule has 2 rings (SSSR count). The molecule has 8 heteroatoms. The molecule has 0 unspecified atom stereocenters. The summed E-state index contributed by atoms with van der Waals surface area (Å²) in [7, 11) is -2.01. The highest BCUT2D eigenvalue weighted by Gasteiger charge is 2.12. The van der Waals surface area contributed by atoms with Gasteiger partial charge in [0.05, 0.1) is 17.7 Å². The summed E-state index contributed by atoms with van der Waals surface area (Å²) in [5.41, 5.74) is 2.94. The molecule has 0 saturated carbocycles. The van der Waals surface area contributed by atoms with E-state index >= 15 is 0 Å². The number of hydrogen-bond donors (Lipinski definition) is 1. The number of methoxy groups -OCH3 is 1. The van der Waals surface area contributed by atoms with Crippen molar-refractivity contribution in [3.8, 4) is 0 Å². The molecule has 2 aromatic rings. The Kier molecular flexibility index (Phi) is 6.20. The van der Waals surface area contributed by atoms with Gasteiger partial charge in [-0.3, -0.25) is 0 Å². The molecule has 0 amide bonds. The van der Waals surface area contributed by atoms with Crippen molar-refractivity contribution < 1.29 is 13.2 Å². The van der Waals surface area contributed by atoms with Gasteiger partial charge in [-0.2, -0.15) is 13.5 Å². The van der Waals surface area contributed by atoms with Crippen molar-refractivity contribution >= 4 is 32.2 Å². The number of halogens is 1. The van der Waals surface area contributed by atoms with Crippen LogP contribution < -0.4 is 4.83 Å². The molecule has 0 bridgehead atoms. The second kappa shape index (κ2) is 7.96. The number of aryl methyl sites for hydroxylation is 1. The summed E-state index contributed by atoms with van der Waals surface area (Å²) >= 11 is 3.27. The van der Waals surface area contributed by atoms with Gasteiger partial charge in [0, 0.05) is 35.1 Å². The summed E-state index contributed by atoms with van der Waals surface area (Å²) in [4.78, 5) is 2.40. The van der Waals surface area contributed by atoms with E-state index in [2.05, 4.69) is 30.4 Å². The number of aromatic nitrogens is 1. The lowest BCUT2D eigenvalue weighted by Gasteiger charge is -2.08. The highest BCUT2D eigenvalue weighted by atomic mass is 79.9. The molecule has 0 aliphatic carbocycles. The zero-order valence-electron chi connectivity index (χ0n) is 13.8. The largest absolute Gasteiger partial charge is 0.383 e. The molecular weight excluding hydrogens is 394 g/mol. The maximum atomic E-state index is 12.2. The SMILES string of the molecule is COCCn1c(C)cc(C=NNS(=O)(=O)c2ccc(Br)cc2)c1C. The minimum absolute atomic E-state index is 0.161. The molecule has 24 heavy (non-hydrogen) atoms. The molecule has 1 aromatic carbocycles. The Bertz CT molecular complexity index is 827. The lowest BCUT2D eigenvalue weighted by molar-refractivity contribution is 0.186. The fraction of sp³-hybridized carbons (Fsp3) is 0.312. The predicted octanol–water partition coefficient (Wildman–Crippen LogP) is 2.83. The van der Waals surface area contributed by atoms with E-state index in [1.807, 2.05) is 19.9 Å². The summed E-state index contributed by atoms with van der Waals surface area (Å²) in [5, 5.41) is 3.89. The second-order valence-electron chi connectivity index (χ2n) is 5.28. The summed E-state index contributed by atoms with van der Waals surface area (Å²) in [6, 6.07) is 8.32. The Hall–Kier alpha value is -1.64. The second-order valence-corrected chi connectivity index (χ2v) is 7.85. The number of nitrogens with zero attached hydrogens (tertiary/aromatic N) is 2. The van der Waals surface area contributed by atoms with E-state index < -0.39 is 10.0 Å². The van der Waals surface area contributed by atoms with Crippen LogP contribution in [0.4, 0.5) is 0 Å². The first-order valence-corrected chi connectivity index (χ1v) is 9.59. The monoisotopic (exact) mass is 413 g/mol. The third kappa shape index (κ3) is 4.46. The number of sulfonamides is 1. The van der Waals surface area contributed by atoms with E-state index in [1.54, 1.807) is 19.2 Å². The van der Waals surface area contributed by atoms with E-state index in [9.17, 15) is 8.42 Å². The van der Waals surface area contributed by atoms with Gasteiger partial charge in [-0.25, -0.2) is 4.83 Å². The topological polar surface area (TPSA) is 72.7 Å². The first-order valence-electron chi connectivity index (χ1n) is 7.31. The predicted molar refractivity (Wildman–Crippen MR) is 97.8 cm³/mol. The van der Waals surface area contributed by atoms with Crippen LogP contribution in [0.15, 0.2) is 44.8 Å². The Morgan fingerprint density at radius 2 is 1.96 bits per heavy atom. The molecule has 0 atom stereocenters. The standard InChI is InChI=1S/C16H20BrN3O3S/c1-12-10-14(13(2)20(12)8-9-23-3)11-18-19-24(21,22)16-6-4-15(17)5-7-16/h4-7,10-11,19H,8-9H2,1-3H3. The minimum Gasteiger partial charge on any atom is -0.383 e. The van der Waals surface area contributed by atoms with Crippen molar-refractivity contribution in [2.24, 2.45) is 5.10 Å². The van der Waals surface area contributed by atoms with Crippen LogP contribution in [0.25, 0.3) is 0 Å². The minimum atomic E-state index is -3.67. The van der Waals surface area contributed by atoms with Crippen LogP contribution in [0.1, 0.15) is 17.0 Å². The van der Waals surface area contributed by atoms with Gasteiger partial charge in [-0.15, -0.1) is 0 Å². The summed E-state index contributed by atoms with van der Waals surface area (Å²) in [6.45, 7) is 5.31. The van der Waals surface area contributed by atoms with Crippen molar-refractivity contribution in [3.05, 3.63) is 51.8 Å². The van der Waals surface area contributed by atoms with Gasteiger partial charge < -0.3 is 9.30 Å². The average Bonchev–Trinajstić information content (AvgIpc) is 2.80. The van der Waals surface area contributed by atoms with Crippen molar-refractivity contribution in [1.82, 2.24) is 9.40 Å². The summed E-state index contributed by atoms with van der Waals surface area (Å²) in [6.07, 6.45) is 1.52. The molecule has 0 fully saturated rings. The summed E-state index contributed by atoms with van der Waals surface area (Å²) in [5.74, 6) is 0. The third-order valence-corrected chi connectivity index (χ3v) is 5.40. The molecule has 0 aliphatic rings. The maximum Gasteiger partial charge on any atom is 0.276 e. The number of nitrogens with one attached hydrogen (secondary N) is 1. The fourth-order valence-electron chi connectivity index (χ4n) is 2.32. The van der Waals surface area contributed by atoms with Crippen LogP contribution in [-0.4, -0.2) is 32.9 Å². The van der Waals surface area contributed by atoms with E-state index in [1.165, 1.54) is 18.3 Å². The smallest absolute Gasteiger partial charge is 0.276 e. The van der Waals surface area contributed by atoms with Gasteiger partial charge in [0.15, 0.2) is 0 Å². The lowest BCUT2D eigenvalue weighted by Crippen LogP contribution is -2.18. The van der Waals surface area contributed by atoms with Gasteiger partial charge in [0.1, 0.15) is 0 Å². The molecule has 1 aromatic heterocycles. The van der Waals surface area contributed by atoms with Crippen LogP contribution in [0, 0.1) is 13.8 Å². The van der Waals surface area contributed by atoms with Gasteiger partial charge in [-0.05, 0) is 44.2 Å². The molecule has 0 aliphatic heterocycles. The number of hydrazone groups is 1. The molecule has 0 saturated heterocycles. The van der Waals surface area contributed by atoms with Gasteiger partial charge in [0.2, 0.25) is 0 Å². The average molecular weight is 414 g/mol. The van der Waals surface area contributed by atoms with Crippen molar-refractivity contribution in [1.29, 1.82) is 0 Å². The fourth-order valence-corrected chi connectivity index (χ4v) is 3.37. The van der Waals surface area contributed by atoms with Crippen molar-refractivity contribution in [2.75, 3.05) is 13.7 Å². The highest BCUT2D eigenvalue weighted by Crippen LogP contribution is 2.15. The van der Waals surface area contributed by atoms with Gasteiger partial charge in [0.25, 0.3) is 10.0 Å². The first kappa shape index (κ1) is 18.7. The Morgan fingerprint density at radius 3 is 2.58 bits per heavy atom. The quantitative estimate of drug-likeness (QED) is 0.560. The number of benzene rings is 1. The Labute approximate surface area is 150 Å². The first-order chi connectivity index (χ1) is 11.3. The zero-order valence-corrected chi connectivity index (χ0v) is 16.2. The van der Waals surface area contributed by atoms with Gasteiger partial charge in [-0.1, -0.05) is 15.9 Å². The van der Waals surface area contributed by atoms with E-state index in [0.29, 0.717) is 6.61 Å². The molecule has 0 radical (unpaired) electrons. The lowest BCUT2D eigenvalue weighted by atomic mass is 10.3. The maximum absolute atomic E-state index is 12.2. The van der Waals surface area contributed by atoms with E-state index in [0.717, 1.165) is 28.0 Å². The zero-order chi connectivity index (χ0) is 17.7. The number of ether oxygens (including phenoxy) is 1. The molecule has 0 spiro atoms. The number of hydrogen-bond acceptors (Lipinski definition) is 4. The Balaban J connectivity index is 2.12. The van der Waals surface area contributed by atoms with Gasteiger partial charge >= 0.3 is 0 Å². The van der Waals surface area contributed by atoms with E-state index in [4.69, 9.17) is 4.74 Å². The third-order valence-electron chi connectivity index (χ3n) is 3.63. The highest BCUT2D eigenvalue weighted by molar-refractivity contribution is 9.10. The molecule has 1 heterocycles. The summed E-state index contributed by atoms with van der Waals surface area (Å²) < 4.78 is 32.4. The normalized spacial score (nSPS) is 12.0. The van der Waals surface area contributed by atoms with Crippen LogP contribution in [0.3, 0.4) is 0 Å². The van der Waals surface area contributed by atoms with Crippen LogP contribution in [0.5, 0.6) is 0 Å². The van der Waals surface area contributed by atoms with Crippen molar-refractivity contribution in [3.63, 3.8) is 0 Å². The van der Waals surface area contributed by atoms with Crippen LogP contribution >= 0.6 is 15.9 Å². The molecule has 130 valence electrons. The van der Waals surface area contributed by atoms with Crippen molar-refractivity contribution in [2.45, 2.75) is 25.3 Å². The molecular formula is C16H20BrN3O3S. The van der Waals surface area contributed by atoms with Crippen LogP contribution in [-0.2, 0) is 21.3 Å².